The molecule has 1 aliphatic heterocycles. The van der Waals surface area contributed by atoms with E-state index in [4.69, 9.17) is 0 Å². The molecule has 1 saturated heterocycles. The third kappa shape index (κ3) is 3.31. The van der Waals surface area contributed by atoms with Crippen molar-refractivity contribution < 1.29 is 22.7 Å². The molecule has 1 atom stereocenters. The Bertz CT molecular complexity index is 716. The summed E-state index contributed by atoms with van der Waals surface area (Å²) in [5, 5.41) is 2.76. The van der Waals surface area contributed by atoms with E-state index in [1.54, 1.807) is 12.1 Å². The highest BCUT2D eigenvalue weighted by Gasteiger charge is 2.23. The van der Waals surface area contributed by atoms with Crippen LogP contribution in [-0.2, 0) is 4.79 Å². The van der Waals surface area contributed by atoms with Crippen molar-refractivity contribution in [1.82, 2.24) is 5.32 Å². The van der Waals surface area contributed by atoms with Gasteiger partial charge in [-0.05, 0) is 17.2 Å². The molecule has 0 saturated carbocycles. The Balaban J connectivity index is 1.90. The lowest BCUT2D eigenvalue weighted by atomic mass is 9.95. The fourth-order valence-electron chi connectivity index (χ4n) is 2.72. The smallest absolute Gasteiger partial charge is 0.387 e. The number of alkyl halides is 2. The normalized spacial score (nSPS) is 17.4. The average Bonchev–Trinajstić information content (AvgIpc) is 2.96. The van der Waals surface area contributed by atoms with Crippen LogP contribution in [0, 0.1) is 5.82 Å². The molecule has 2 aromatic carbocycles. The quantitative estimate of drug-likeness (QED) is 0.932. The van der Waals surface area contributed by atoms with Gasteiger partial charge < -0.3 is 10.1 Å². The Kier molecular flexibility index (Phi) is 4.23. The number of nitrogens with one attached hydrogen (secondary N) is 1. The van der Waals surface area contributed by atoms with Crippen LogP contribution in [0.25, 0.3) is 11.1 Å². The molecule has 120 valence electrons. The number of amides is 1. The first kappa shape index (κ1) is 15.4. The van der Waals surface area contributed by atoms with Gasteiger partial charge in [0, 0.05) is 24.4 Å². The molecule has 1 aliphatic rings. The molecule has 3 rings (SSSR count). The summed E-state index contributed by atoms with van der Waals surface area (Å²) in [4.78, 5) is 11.3. The highest BCUT2D eigenvalue weighted by Crippen LogP contribution is 2.34. The number of hydrogen-bond acceptors (Lipinski definition) is 2. The summed E-state index contributed by atoms with van der Waals surface area (Å²) >= 11 is 0. The number of halogens is 3. The maximum Gasteiger partial charge on any atom is 0.387 e. The third-order valence-corrected chi connectivity index (χ3v) is 3.84. The molecule has 0 radical (unpaired) electrons. The number of benzene rings is 2. The summed E-state index contributed by atoms with van der Waals surface area (Å²) in [7, 11) is 0. The van der Waals surface area contributed by atoms with E-state index < -0.39 is 18.2 Å². The zero-order chi connectivity index (χ0) is 16.4. The molecule has 1 amide bonds. The molecule has 0 aromatic heterocycles. The second kappa shape index (κ2) is 6.32. The van der Waals surface area contributed by atoms with Crippen molar-refractivity contribution in [1.29, 1.82) is 0 Å². The van der Waals surface area contributed by atoms with Crippen LogP contribution in [0.1, 0.15) is 17.9 Å². The number of ether oxygens (including phenoxy) is 1. The second-order valence-corrected chi connectivity index (χ2v) is 5.32. The van der Waals surface area contributed by atoms with Gasteiger partial charge in [-0.1, -0.05) is 36.4 Å². The minimum atomic E-state index is -3.10. The number of para-hydroxylation sites is 1. The molecular formula is C17H14F3NO2. The first-order chi connectivity index (χ1) is 11.0. The largest absolute Gasteiger partial charge is 0.431 e. The number of carbonyl (C=O) groups excluding carboxylic acids is 1. The summed E-state index contributed by atoms with van der Waals surface area (Å²) in [5.41, 5.74) is 1.80. The van der Waals surface area contributed by atoms with Crippen molar-refractivity contribution in [2.24, 2.45) is 0 Å². The predicted octanol–water partition coefficient (Wildman–Crippen LogP) is 3.70. The van der Waals surface area contributed by atoms with Gasteiger partial charge in [-0.25, -0.2) is 4.39 Å². The zero-order valence-corrected chi connectivity index (χ0v) is 12.1. The molecule has 2 aromatic rings. The molecule has 23 heavy (non-hydrogen) atoms. The molecule has 1 N–H and O–H groups in total. The lowest BCUT2D eigenvalue weighted by Crippen LogP contribution is -2.13. The van der Waals surface area contributed by atoms with E-state index in [-0.39, 0.29) is 17.4 Å². The maximum absolute atomic E-state index is 13.8. The number of hydrogen-bond donors (Lipinski definition) is 1. The highest BCUT2D eigenvalue weighted by molar-refractivity contribution is 5.79. The molecule has 0 aliphatic carbocycles. The van der Waals surface area contributed by atoms with Gasteiger partial charge in [-0.2, -0.15) is 8.78 Å². The van der Waals surface area contributed by atoms with Gasteiger partial charge in [-0.3, -0.25) is 4.79 Å². The summed E-state index contributed by atoms with van der Waals surface area (Å²) in [5.74, 6) is -1.19. The van der Waals surface area contributed by atoms with Crippen molar-refractivity contribution in [2.45, 2.75) is 19.0 Å². The van der Waals surface area contributed by atoms with Crippen molar-refractivity contribution in [3.8, 4) is 16.9 Å². The minimum absolute atomic E-state index is 0.0110. The first-order valence-electron chi connectivity index (χ1n) is 7.15. The van der Waals surface area contributed by atoms with Crippen LogP contribution in [0.4, 0.5) is 13.2 Å². The zero-order valence-electron chi connectivity index (χ0n) is 12.1. The van der Waals surface area contributed by atoms with Crippen LogP contribution in [0.5, 0.6) is 5.75 Å². The van der Waals surface area contributed by atoms with E-state index in [1.807, 2.05) is 12.1 Å². The molecule has 0 bridgehead atoms. The fourth-order valence-corrected chi connectivity index (χ4v) is 2.72. The van der Waals surface area contributed by atoms with Gasteiger partial charge in [0.25, 0.3) is 0 Å². The highest BCUT2D eigenvalue weighted by atomic mass is 19.3. The first-order valence-corrected chi connectivity index (χ1v) is 7.15. The molecule has 1 heterocycles. The summed E-state index contributed by atoms with van der Waals surface area (Å²) in [6.07, 6.45) is 0.430. The van der Waals surface area contributed by atoms with Gasteiger partial charge in [0.05, 0.1) is 0 Å². The molecule has 3 nitrogen and oxygen atoms in total. The fraction of sp³-hybridized carbons (Fsp3) is 0.235. The summed E-state index contributed by atoms with van der Waals surface area (Å²) < 4.78 is 43.0. The SMILES string of the molecule is O=C1CC(c2ccc(-c3cccc(F)c3OC(F)F)cc2)CN1. The van der Waals surface area contributed by atoms with Crippen molar-refractivity contribution in [3.05, 3.63) is 53.8 Å². The van der Waals surface area contributed by atoms with E-state index in [0.29, 0.717) is 18.5 Å². The van der Waals surface area contributed by atoms with Crippen LogP contribution >= 0.6 is 0 Å². The van der Waals surface area contributed by atoms with Crippen molar-refractivity contribution >= 4 is 5.91 Å². The summed E-state index contributed by atoms with van der Waals surface area (Å²) in [6, 6.07) is 11.1. The van der Waals surface area contributed by atoms with Crippen LogP contribution in [0.3, 0.4) is 0 Å². The Morgan fingerprint density at radius 3 is 2.48 bits per heavy atom. The van der Waals surface area contributed by atoms with Gasteiger partial charge in [0.15, 0.2) is 11.6 Å². The minimum Gasteiger partial charge on any atom is -0.431 e. The number of carbonyl (C=O) groups is 1. The lowest BCUT2D eigenvalue weighted by Gasteiger charge is -2.13. The topological polar surface area (TPSA) is 38.3 Å². The van der Waals surface area contributed by atoms with Crippen LogP contribution in [0.2, 0.25) is 0 Å². The molecule has 1 fully saturated rings. The third-order valence-electron chi connectivity index (χ3n) is 3.84. The van der Waals surface area contributed by atoms with E-state index in [2.05, 4.69) is 10.1 Å². The second-order valence-electron chi connectivity index (χ2n) is 5.32. The van der Waals surface area contributed by atoms with E-state index in [9.17, 15) is 18.0 Å². The Hall–Kier alpha value is -2.50. The Morgan fingerprint density at radius 2 is 1.87 bits per heavy atom. The Labute approximate surface area is 131 Å². The average molecular weight is 321 g/mol. The van der Waals surface area contributed by atoms with Crippen molar-refractivity contribution in [3.63, 3.8) is 0 Å². The van der Waals surface area contributed by atoms with Crippen molar-refractivity contribution in [2.75, 3.05) is 6.54 Å². The van der Waals surface area contributed by atoms with Gasteiger partial charge >= 0.3 is 6.61 Å². The van der Waals surface area contributed by atoms with Crippen LogP contribution < -0.4 is 10.1 Å². The predicted molar refractivity (Wildman–Crippen MR) is 78.8 cm³/mol. The maximum atomic E-state index is 13.8. The standard InChI is InChI=1S/C17H14F3NO2/c18-14-3-1-2-13(16(14)23-17(19)20)11-6-4-10(5-7-11)12-8-15(22)21-9-12/h1-7,12,17H,8-9H2,(H,21,22). The van der Waals surface area contributed by atoms with Crippen LogP contribution in [0.15, 0.2) is 42.5 Å². The lowest BCUT2D eigenvalue weighted by molar-refractivity contribution is -0.119. The van der Waals surface area contributed by atoms with E-state index in [0.717, 1.165) is 11.6 Å². The van der Waals surface area contributed by atoms with Gasteiger partial charge in [-0.15, -0.1) is 0 Å². The molecule has 6 heteroatoms. The Morgan fingerprint density at radius 1 is 1.13 bits per heavy atom. The van der Waals surface area contributed by atoms with Gasteiger partial charge in [0.2, 0.25) is 5.91 Å². The van der Waals surface area contributed by atoms with E-state index >= 15 is 0 Å². The van der Waals surface area contributed by atoms with Gasteiger partial charge in [0.1, 0.15) is 0 Å². The monoisotopic (exact) mass is 321 g/mol. The molecule has 0 spiro atoms. The van der Waals surface area contributed by atoms with E-state index in [1.165, 1.54) is 12.1 Å². The van der Waals surface area contributed by atoms with Crippen LogP contribution in [-0.4, -0.2) is 19.1 Å². The molecule has 1 unspecified atom stereocenters. The summed E-state index contributed by atoms with van der Waals surface area (Å²) in [6.45, 7) is -2.52. The molecular weight excluding hydrogens is 307 g/mol. The number of rotatable bonds is 4.